The molecule has 0 saturated carbocycles. The van der Waals surface area contributed by atoms with Crippen LogP contribution in [-0.4, -0.2) is 37.6 Å². The number of hydrogen-bond donors (Lipinski definition) is 1. The summed E-state index contributed by atoms with van der Waals surface area (Å²) in [7, 11) is 0. The fraction of sp³-hybridized carbons (Fsp3) is 1.00. The molecule has 0 amide bonds. The summed E-state index contributed by atoms with van der Waals surface area (Å²) in [6, 6.07) is 0. The molecule has 2 rings (SSSR count). The average Bonchev–Trinajstić information content (AvgIpc) is 2.33. The van der Waals surface area contributed by atoms with Crippen molar-refractivity contribution in [1.29, 1.82) is 0 Å². The summed E-state index contributed by atoms with van der Waals surface area (Å²) in [5.41, 5.74) is 0. The van der Waals surface area contributed by atoms with E-state index in [-0.39, 0.29) is 0 Å². The highest BCUT2D eigenvalue weighted by Crippen LogP contribution is 2.23. The second-order valence-corrected chi connectivity index (χ2v) is 5.84. The average molecular weight is 225 g/mol. The highest BCUT2D eigenvalue weighted by Gasteiger charge is 2.22. The van der Waals surface area contributed by atoms with Gasteiger partial charge < -0.3 is 10.2 Å². The van der Waals surface area contributed by atoms with Crippen LogP contribution in [0.15, 0.2) is 0 Å². The monoisotopic (exact) mass is 225 g/mol. The number of nitrogens with zero attached hydrogens (tertiary/aromatic N) is 1. The van der Waals surface area contributed by atoms with Crippen molar-refractivity contribution in [2.75, 3.05) is 32.7 Å². The molecule has 2 aliphatic heterocycles. The molecule has 0 aromatic carbocycles. The molecule has 0 bridgehead atoms. The van der Waals surface area contributed by atoms with E-state index in [1.54, 1.807) is 0 Å². The van der Waals surface area contributed by atoms with E-state index in [9.17, 15) is 0 Å². The van der Waals surface area contributed by atoms with Gasteiger partial charge >= 0.3 is 0 Å². The zero-order valence-electron chi connectivity index (χ0n) is 11.0. The van der Waals surface area contributed by atoms with Gasteiger partial charge in [-0.3, -0.25) is 0 Å². The van der Waals surface area contributed by atoms with Gasteiger partial charge in [0.2, 0.25) is 0 Å². The molecule has 2 fully saturated rings. The molecule has 0 spiro atoms. The Balaban J connectivity index is 1.64. The van der Waals surface area contributed by atoms with Gasteiger partial charge in [0.25, 0.3) is 0 Å². The molecule has 2 N–H and O–H groups in total. The van der Waals surface area contributed by atoms with Gasteiger partial charge in [-0.25, -0.2) is 0 Å². The summed E-state index contributed by atoms with van der Waals surface area (Å²) >= 11 is 0. The van der Waals surface area contributed by atoms with Crippen LogP contribution in [0.25, 0.3) is 0 Å². The molecule has 0 unspecified atom stereocenters. The fourth-order valence-electron chi connectivity index (χ4n) is 3.41. The minimum absolute atomic E-state index is 1.01. The predicted octanol–water partition coefficient (Wildman–Crippen LogP) is 1.47. The molecule has 2 saturated heterocycles. The Morgan fingerprint density at radius 1 is 1.00 bits per heavy atom. The first kappa shape index (κ1) is 12.4. The van der Waals surface area contributed by atoms with Crippen molar-refractivity contribution >= 4 is 0 Å². The standard InChI is InChI=1S/C14H28N2/c1-2-3-13-6-10-16(11-7-13)12-14-4-8-15-9-5-14/h13-15H,2-12H2,1H3/p+1. The lowest BCUT2D eigenvalue weighted by atomic mass is 9.91. The quantitative estimate of drug-likeness (QED) is 0.768. The van der Waals surface area contributed by atoms with Crippen LogP contribution in [0.3, 0.4) is 0 Å². The third-order valence-electron chi connectivity index (χ3n) is 4.48. The molecule has 0 atom stereocenters. The minimum atomic E-state index is 1.01. The highest BCUT2D eigenvalue weighted by molar-refractivity contribution is 4.75. The summed E-state index contributed by atoms with van der Waals surface area (Å²) in [5.74, 6) is 2.05. The second-order valence-electron chi connectivity index (χ2n) is 5.84. The maximum absolute atomic E-state index is 2.74. The summed E-state index contributed by atoms with van der Waals surface area (Å²) in [4.78, 5) is 2.74. The Hall–Kier alpha value is -0.0800. The van der Waals surface area contributed by atoms with Crippen LogP contribution in [0.5, 0.6) is 0 Å². The first-order chi connectivity index (χ1) is 7.88. The van der Waals surface area contributed by atoms with Crippen molar-refractivity contribution in [3.8, 4) is 0 Å². The first-order valence-corrected chi connectivity index (χ1v) is 7.42. The van der Waals surface area contributed by atoms with Crippen LogP contribution >= 0.6 is 0 Å². The van der Waals surface area contributed by atoms with Gasteiger partial charge in [-0.2, -0.15) is 0 Å². The van der Waals surface area contributed by atoms with Gasteiger partial charge in [0, 0.05) is 19.4 Å². The van der Waals surface area contributed by atoms with Crippen LogP contribution in [0.2, 0.25) is 0 Å². The maximum Gasteiger partial charge on any atom is 0.0758 e. The molecule has 0 aliphatic carbocycles. The van der Waals surface area contributed by atoms with Crippen LogP contribution in [-0.2, 0) is 0 Å². The van der Waals surface area contributed by atoms with Crippen LogP contribution in [0, 0.1) is 11.8 Å². The zero-order chi connectivity index (χ0) is 11.2. The largest absolute Gasteiger partial charge is 0.346 e. The smallest absolute Gasteiger partial charge is 0.0758 e. The first-order valence-electron chi connectivity index (χ1n) is 7.42. The molecule has 94 valence electrons. The topological polar surface area (TPSA) is 19.9 Å². The second kappa shape index (κ2) is 6.61. The molecular formula is C14H29N2+. The maximum atomic E-state index is 2.74. The number of likely N-dealkylation sites (tertiary alicyclic amines) is 1. The van der Waals surface area contributed by atoms with E-state index in [1.807, 2.05) is 0 Å². The molecule has 2 heteroatoms. The van der Waals surface area contributed by atoms with Gasteiger partial charge in [0.1, 0.15) is 0 Å². The Kier molecular flexibility index (Phi) is 5.11. The van der Waals surface area contributed by atoms with E-state index in [0.717, 1.165) is 11.8 Å². The molecule has 16 heavy (non-hydrogen) atoms. The van der Waals surface area contributed by atoms with Crippen molar-refractivity contribution in [2.24, 2.45) is 11.8 Å². The number of nitrogens with two attached hydrogens (primary N) is 1. The van der Waals surface area contributed by atoms with Crippen molar-refractivity contribution in [1.82, 2.24) is 4.90 Å². The number of piperidine rings is 2. The van der Waals surface area contributed by atoms with Crippen LogP contribution < -0.4 is 5.32 Å². The van der Waals surface area contributed by atoms with Gasteiger partial charge in [0.05, 0.1) is 13.1 Å². The summed E-state index contributed by atoms with van der Waals surface area (Å²) in [5, 5.41) is 2.48. The van der Waals surface area contributed by atoms with Gasteiger partial charge in [-0.1, -0.05) is 19.8 Å². The lowest BCUT2D eigenvalue weighted by molar-refractivity contribution is -0.664. The third-order valence-corrected chi connectivity index (χ3v) is 4.48. The Morgan fingerprint density at radius 3 is 2.31 bits per heavy atom. The van der Waals surface area contributed by atoms with Gasteiger partial charge in [0.15, 0.2) is 0 Å². The van der Waals surface area contributed by atoms with E-state index < -0.39 is 0 Å². The number of rotatable bonds is 4. The molecule has 2 aliphatic rings. The van der Waals surface area contributed by atoms with Crippen molar-refractivity contribution in [3.05, 3.63) is 0 Å². The van der Waals surface area contributed by atoms with Crippen LogP contribution in [0.4, 0.5) is 0 Å². The fourth-order valence-corrected chi connectivity index (χ4v) is 3.41. The van der Waals surface area contributed by atoms with Crippen LogP contribution in [0.1, 0.15) is 45.4 Å². The summed E-state index contributed by atoms with van der Waals surface area (Å²) in [6.07, 6.45) is 8.68. The number of hydrogen-bond acceptors (Lipinski definition) is 1. The minimum Gasteiger partial charge on any atom is -0.346 e. The molecule has 2 nitrogen and oxygen atoms in total. The molecule has 0 aromatic heterocycles. The summed E-state index contributed by atoms with van der Waals surface area (Å²) < 4.78 is 0. The normalized spacial score (nSPS) is 26.1. The lowest BCUT2D eigenvalue weighted by Gasteiger charge is -2.34. The van der Waals surface area contributed by atoms with E-state index in [2.05, 4.69) is 17.1 Å². The molecule has 0 aromatic rings. The summed E-state index contributed by atoms with van der Waals surface area (Å²) in [6.45, 7) is 9.22. The Morgan fingerprint density at radius 2 is 1.69 bits per heavy atom. The highest BCUT2D eigenvalue weighted by atomic mass is 15.1. The predicted molar refractivity (Wildman–Crippen MR) is 68.5 cm³/mol. The third kappa shape index (κ3) is 3.74. The van der Waals surface area contributed by atoms with E-state index in [4.69, 9.17) is 0 Å². The van der Waals surface area contributed by atoms with Gasteiger partial charge in [-0.15, -0.1) is 0 Å². The van der Waals surface area contributed by atoms with Crippen molar-refractivity contribution in [3.63, 3.8) is 0 Å². The van der Waals surface area contributed by atoms with Gasteiger partial charge in [-0.05, 0) is 37.8 Å². The molecule has 0 radical (unpaired) electrons. The lowest BCUT2D eigenvalue weighted by Crippen LogP contribution is -2.86. The number of quaternary nitrogens is 1. The van der Waals surface area contributed by atoms with E-state index >= 15 is 0 Å². The van der Waals surface area contributed by atoms with Crippen molar-refractivity contribution < 1.29 is 5.32 Å². The molecular weight excluding hydrogens is 196 g/mol. The van der Waals surface area contributed by atoms with Crippen molar-refractivity contribution in [2.45, 2.75) is 45.4 Å². The zero-order valence-corrected chi connectivity index (χ0v) is 11.0. The Bertz CT molecular complexity index is 179. The molecule has 2 heterocycles. The Labute approximate surface area is 101 Å². The van der Waals surface area contributed by atoms with E-state index in [0.29, 0.717) is 0 Å². The van der Waals surface area contributed by atoms with E-state index in [1.165, 1.54) is 71.2 Å². The SMILES string of the molecule is CCCC1CCN(CC2CC[NH2+]CC2)CC1.